The molecule has 4 unspecified atom stereocenters. The number of ketones is 1. The maximum Gasteiger partial charge on any atom is 0.164 e. The Labute approximate surface area is 79.3 Å². The summed E-state index contributed by atoms with van der Waals surface area (Å²) in [5.41, 5.74) is 0.305. The molecule has 1 N–H and O–H groups in total. The molecule has 2 saturated carbocycles. The van der Waals surface area contributed by atoms with Gasteiger partial charge in [0, 0.05) is 5.92 Å². The van der Waals surface area contributed by atoms with Gasteiger partial charge in [-0.1, -0.05) is 20.8 Å². The number of hydrogen-bond donors (Lipinski definition) is 1. The Hall–Kier alpha value is -0.370. The monoisotopic (exact) mass is 182 g/mol. The zero-order valence-electron chi connectivity index (χ0n) is 8.58. The van der Waals surface area contributed by atoms with Crippen molar-refractivity contribution >= 4 is 5.78 Å². The highest BCUT2D eigenvalue weighted by molar-refractivity contribution is 5.88. The lowest BCUT2D eigenvalue weighted by molar-refractivity contribution is -0.128. The first-order valence-electron chi connectivity index (χ1n) is 5.14. The second-order valence-corrected chi connectivity index (χ2v) is 5.55. The summed E-state index contributed by atoms with van der Waals surface area (Å²) in [6, 6.07) is 0. The van der Waals surface area contributed by atoms with Crippen LogP contribution in [0.15, 0.2) is 0 Å². The van der Waals surface area contributed by atoms with E-state index >= 15 is 0 Å². The molecule has 2 rings (SSSR count). The Balaban J connectivity index is 2.23. The van der Waals surface area contributed by atoms with E-state index in [1.54, 1.807) is 0 Å². The first kappa shape index (κ1) is 9.20. The highest BCUT2D eigenvalue weighted by Gasteiger charge is 2.53. The molecule has 4 atom stereocenters. The zero-order valence-corrected chi connectivity index (χ0v) is 8.58. The van der Waals surface area contributed by atoms with Gasteiger partial charge in [0.15, 0.2) is 5.78 Å². The third-order valence-electron chi connectivity index (χ3n) is 3.91. The van der Waals surface area contributed by atoms with Crippen LogP contribution in [0.3, 0.4) is 0 Å². The molecular formula is C11H18O2. The van der Waals surface area contributed by atoms with Gasteiger partial charge in [0.1, 0.15) is 6.10 Å². The van der Waals surface area contributed by atoms with Gasteiger partial charge >= 0.3 is 0 Å². The molecule has 0 heterocycles. The van der Waals surface area contributed by atoms with Crippen molar-refractivity contribution in [1.29, 1.82) is 0 Å². The predicted molar refractivity (Wildman–Crippen MR) is 50.2 cm³/mol. The Morgan fingerprint density at radius 3 is 2.54 bits per heavy atom. The van der Waals surface area contributed by atoms with E-state index in [2.05, 4.69) is 13.8 Å². The van der Waals surface area contributed by atoms with Crippen LogP contribution in [0.2, 0.25) is 0 Å². The molecule has 0 aromatic carbocycles. The second kappa shape index (κ2) is 2.57. The zero-order chi connectivity index (χ0) is 9.80. The lowest BCUT2D eigenvalue weighted by atomic mass is 9.86. The summed E-state index contributed by atoms with van der Waals surface area (Å²) < 4.78 is 0. The van der Waals surface area contributed by atoms with E-state index < -0.39 is 6.10 Å². The SMILES string of the molecule is CC1C(O)C(=O)C2CC(C)(C)CC21. The topological polar surface area (TPSA) is 37.3 Å². The summed E-state index contributed by atoms with van der Waals surface area (Å²) in [5.74, 6) is 0.875. The smallest absolute Gasteiger partial charge is 0.164 e. The maximum atomic E-state index is 11.6. The van der Waals surface area contributed by atoms with Gasteiger partial charge in [-0.2, -0.15) is 0 Å². The van der Waals surface area contributed by atoms with Crippen LogP contribution in [0, 0.1) is 23.2 Å². The van der Waals surface area contributed by atoms with E-state index in [-0.39, 0.29) is 17.6 Å². The van der Waals surface area contributed by atoms with Gasteiger partial charge in [-0.25, -0.2) is 0 Å². The molecule has 0 radical (unpaired) electrons. The first-order chi connectivity index (χ1) is 5.92. The molecule has 74 valence electrons. The number of aliphatic hydroxyl groups is 1. The van der Waals surface area contributed by atoms with Crippen molar-refractivity contribution in [3.8, 4) is 0 Å². The van der Waals surface area contributed by atoms with Gasteiger partial charge in [-0.15, -0.1) is 0 Å². The van der Waals surface area contributed by atoms with Gasteiger partial charge in [-0.05, 0) is 30.1 Å². The second-order valence-electron chi connectivity index (χ2n) is 5.55. The van der Waals surface area contributed by atoms with Crippen LogP contribution >= 0.6 is 0 Å². The van der Waals surface area contributed by atoms with E-state index in [1.807, 2.05) is 6.92 Å². The average molecular weight is 182 g/mol. The van der Waals surface area contributed by atoms with Gasteiger partial charge < -0.3 is 5.11 Å². The highest BCUT2D eigenvalue weighted by atomic mass is 16.3. The Bertz CT molecular complexity index is 244. The molecule has 0 amide bonds. The average Bonchev–Trinajstić information content (AvgIpc) is 2.44. The molecule has 2 aliphatic rings. The molecule has 2 aliphatic carbocycles. The van der Waals surface area contributed by atoms with Crippen molar-refractivity contribution in [3.05, 3.63) is 0 Å². The van der Waals surface area contributed by atoms with Crippen molar-refractivity contribution < 1.29 is 9.90 Å². The fourth-order valence-electron chi connectivity index (χ4n) is 3.19. The van der Waals surface area contributed by atoms with Gasteiger partial charge in [0.25, 0.3) is 0 Å². The van der Waals surface area contributed by atoms with E-state index in [9.17, 15) is 9.90 Å². The minimum absolute atomic E-state index is 0.100. The normalized spacial score (nSPS) is 48.2. The number of carbonyl (C=O) groups excluding carboxylic acids is 1. The molecule has 0 bridgehead atoms. The van der Waals surface area contributed by atoms with Crippen LogP contribution < -0.4 is 0 Å². The van der Waals surface area contributed by atoms with Crippen LogP contribution in [-0.4, -0.2) is 17.0 Å². The summed E-state index contributed by atoms with van der Waals surface area (Å²) in [5, 5.41) is 9.59. The van der Waals surface area contributed by atoms with Crippen LogP contribution in [-0.2, 0) is 4.79 Å². The summed E-state index contributed by atoms with van der Waals surface area (Å²) in [4.78, 5) is 11.6. The molecule has 13 heavy (non-hydrogen) atoms. The first-order valence-corrected chi connectivity index (χ1v) is 5.14. The molecule has 0 spiro atoms. The van der Waals surface area contributed by atoms with Crippen LogP contribution in [0.4, 0.5) is 0 Å². The van der Waals surface area contributed by atoms with Crippen LogP contribution in [0.1, 0.15) is 33.6 Å². The third-order valence-corrected chi connectivity index (χ3v) is 3.91. The standard InChI is InChI=1S/C11H18O2/c1-6-7-4-11(2,3)5-8(7)10(13)9(6)12/h6-9,12H,4-5H2,1-3H3. The van der Waals surface area contributed by atoms with Crippen molar-refractivity contribution in [2.45, 2.75) is 39.7 Å². The van der Waals surface area contributed by atoms with Crippen LogP contribution in [0.25, 0.3) is 0 Å². The Morgan fingerprint density at radius 2 is 2.00 bits per heavy atom. The molecule has 2 heteroatoms. The number of fused-ring (bicyclic) bond motifs is 1. The van der Waals surface area contributed by atoms with Crippen LogP contribution in [0.5, 0.6) is 0 Å². The minimum Gasteiger partial charge on any atom is -0.385 e. The van der Waals surface area contributed by atoms with Crippen molar-refractivity contribution in [2.24, 2.45) is 23.2 Å². The Kier molecular flexibility index (Phi) is 1.82. The largest absolute Gasteiger partial charge is 0.385 e. The predicted octanol–water partition coefficient (Wildman–Crippen LogP) is 1.62. The highest BCUT2D eigenvalue weighted by Crippen LogP contribution is 2.53. The minimum atomic E-state index is -0.675. The van der Waals surface area contributed by atoms with Gasteiger partial charge in [-0.3, -0.25) is 4.79 Å². The van der Waals surface area contributed by atoms with Crippen molar-refractivity contribution in [1.82, 2.24) is 0 Å². The van der Waals surface area contributed by atoms with E-state index in [0.29, 0.717) is 11.3 Å². The molecule has 0 aromatic heterocycles. The Morgan fingerprint density at radius 1 is 1.38 bits per heavy atom. The molecular weight excluding hydrogens is 164 g/mol. The summed E-state index contributed by atoms with van der Waals surface area (Å²) in [7, 11) is 0. The summed E-state index contributed by atoms with van der Waals surface area (Å²) in [6.45, 7) is 6.45. The summed E-state index contributed by atoms with van der Waals surface area (Å²) >= 11 is 0. The summed E-state index contributed by atoms with van der Waals surface area (Å²) in [6.07, 6.45) is 1.39. The van der Waals surface area contributed by atoms with E-state index in [0.717, 1.165) is 12.8 Å². The van der Waals surface area contributed by atoms with Crippen molar-refractivity contribution in [2.75, 3.05) is 0 Å². The van der Waals surface area contributed by atoms with Gasteiger partial charge in [0.05, 0.1) is 0 Å². The molecule has 0 aliphatic heterocycles. The molecule has 2 nitrogen and oxygen atoms in total. The number of Topliss-reactive ketones (excluding diaryl/α,β-unsaturated/α-hetero) is 1. The fourth-order valence-corrected chi connectivity index (χ4v) is 3.19. The lowest BCUT2D eigenvalue weighted by Gasteiger charge is -2.21. The number of rotatable bonds is 0. The third kappa shape index (κ3) is 1.23. The number of hydrogen-bond acceptors (Lipinski definition) is 2. The molecule has 2 fully saturated rings. The number of carbonyl (C=O) groups is 1. The van der Waals surface area contributed by atoms with E-state index in [4.69, 9.17) is 0 Å². The fraction of sp³-hybridized carbons (Fsp3) is 0.909. The molecule has 0 saturated heterocycles. The molecule has 0 aromatic rings. The van der Waals surface area contributed by atoms with Crippen molar-refractivity contribution in [3.63, 3.8) is 0 Å². The van der Waals surface area contributed by atoms with Gasteiger partial charge in [0.2, 0.25) is 0 Å². The maximum absolute atomic E-state index is 11.6. The number of aliphatic hydroxyl groups excluding tert-OH is 1. The lowest BCUT2D eigenvalue weighted by Crippen LogP contribution is -2.24. The quantitative estimate of drug-likeness (QED) is 0.618. The van der Waals surface area contributed by atoms with E-state index in [1.165, 1.54) is 0 Å².